The standard InChI is InChI=1S/C9H12F3NO2S.C7H6F3NO2S/c1-6-3-4-8(5-7(6)2,9(10,11)12)16(13,14)15;8-7(9,10)11-14(12,13)6-4-2-1-3-5-6/h3-4H,5H2,1-2H3,(H2,13,14,15);1-5,11H. The van der Waals surface area contributed by atoms with Crippen molar-refractivity contribution in [1.29, 1.82) is 0 Å². The molecule has 0 aliphatic heterocycles. The van der Waals surface area contributed by atoms with Crippen molar-refractivity contribution in [3.05, 3.63) is 53.6 Å². The van der Waals surface area contributed by atoms with Crippen LogP contribution in [0.2, 0.25) is 0 Å². The maximum Gasteiger partial charge on any atom is 0.470 e. The molecule has 0 fully saturated rings. The van der Waals surface area contributed by atoms with Crippen molar-refractivity contribution in [2.24, 2.45) is 5.14 Å². The zero-order valence-corrected chi connectivity index (χ0v) is 17.2. The number of hydrogen-bond donors (Lipinski definition) is 2. The van der Waals surface area contributed by atoms with Crippen molar-refractivity contribution in [3.63, 3.8) is 0 Å². The molecule has 0 radical (unpaired) electrons. The summed E-state index contributed by atoms with van der Waals surface area (Å²) >= 11 is 0. The van der Waals surface area contributed by atoms with Gasteiger partial charge in [0, 0.05) is 6.42 Å². The van der Waals surface area contributed by atoms with E-state index in [0.29, 0.717) is 21.9 Å². The van der Waals surface area contributed by atoms with E-state index in [0.717, 1.165) is 18.2 Å². The number of halogens is 6. The van der Waals surface area contributed by atoms with Gasteiger partial charge in [-0.2, -0.15) is 26.3 Å². The van der Waals surface area contributed by atoms with Crippen LogP contribution in [0.3, 0.4) is 0 Å². The van der Waals surface area contributed by atoms with Crippen molar-refractivity contribution < 1.29 is 43.2 Å². The molecule has 1 aliphatic carbocycles. The first-order valence-corrected chi connectivity index (χ1v) is 11.0. The van der Waals surface area contributed by atoms with E-state index in [-0.39, 0.29) is 0 Å². The molecule has 1 aromatic carbocycles. The molecule has 0 saturated carbocycles. The molecule has 0 bridgehead atoms. The second-order valence-corrected chi connectivity index (χ2v) is 9.82. The molecule has 1 atom stereocenters. The Hall–Kier alpha value is -1.90. The Kier molecular flexibility index (Phi) is 7.57. The van der Waals surface area contributed by atoms with Crippen LogP contribution in [0.4, 0.5) is 26.3 Å². The normalized spacial score (nSPS) is 20.6. The SMILES string of the molecule is CC1=C(C)CC(C(F)(F)F)(S(N)(=O)=O)C=C1.O=S(=O)(NC(F)(F)F)c1ccccc1. The second kappa shape index (κ2) is 8.69. The predicted octanol–water partition coefficient (Wildman–Crippen LogP) is 3.36. The summed E-state index contributed by atoms with van der Waals surface area (Å²) in [4.78, 5) is -0.419. The quantitative estimate of drug-likeness (QED) is 0.511. The first-order chi connectivity index (χ1) is 13.3. The molecule has 30 heavy (non-hydrogen) atoms. The van der Waals surface area contributed by atoms with Crippen LogP contribution < -0.4 is 9.86 Å². The molecule has 170 valence electrons. The van der Waals surface area contributed by atoms with Crippen LogP contribution in [-0.4, -0.2) is 34.1 Å². The third-order valence-electron chi connectivity index (χ3n) is 4.09. The Morgan fingerprint density at radius 1 is 0.967 bits per heavy atom. The van der Waals surface area contributed by atoms with Gasteiger partial charge in [-0.1, -0.05) is 41.5 Å². The second-order valence-electron chi connectivity index (χ2n) is 6.32. The van der Waals surface area contributed by atoms with Gasteiger partial charge in [0.2, 0.25) is 24.8 Å². The van der Waals surface area contributed by atoms with Crippen molar-refractivity contribution >= 4 is 20.0 Å². The zero-order chi connectivity index (χ0) is 23.6. The smallest absolute Gasteiger partial charge is 0.228 e. The summed E-state index contributed by atoms with van der Waals surface area (Å²) < 4.78 is 116. The van der Waals surface area contributed by atoms with E-state index in [1.807, 2.05) is 0 Å². The van der Waals surface area contributed by atoms with Crippen LogP contribution in [0.15, 0.2) is 58.5 Å². The molecule has 0 heterocycles. The lowest BCUT2D eigenvalue weighted by Gasteiger charge is -2.33. The molecule has 2 rings (SSSR count). The number of nitrogens with two attached hydrogens (primary N) is 1. The third-order valence-corrected chi connectivity index (χ3v) is 7.01. The van der Waals surface area contributed by atoms with E-state index in [2.05, 4.69) is 0 Å². The summed E-state index contributed by atoms with van der Waals surface area (Å²) in [6.45, 7) is 3.08. The predicted molar refractivity (Wildman–Crippen MR) is 96.8 cm³/mol. The molecule has 14 heteroatoms. The number of alkyl halides is 6. The maximum absolute atomic E-state index is 12.9. The van der Waals surface area contributed by atoms with Gasteiger partial charge in [-0.15, -0.1) is 4.72 Å². The highest BCUT2D eigenvalue weighted by molar-refractivity contribution is 7.90. The van der Waals surface area contributed by atoms with Crippen molar-refractivity contribution in [2.45, 2.75) is 42.4 Å². The summed E-state index contributed by atoms with van der Waals surface area (Å²) in [6.07, 6.45) is -8.73. The van der Waals surface area contributed by atoms with Gasteiger partial charge in [0.25, 0.3) is 0 Å². The molecule has 1 unspecified atom stereocenters. The third kappa shape index (κ3) is 6.30. The van der Waals surface area contributed by atoms with Crippen molar-refractivity contribution in [1.82, 2.24) is 4.72 Å². The minimum absolute atomic E-state index is 0.369. The molecular formula is C16H18F6N2O4S2. The lowest BCUT2D eigenvalue weighted by Crippen LogP contribution is -2.54. The molecule has 1 aromatic rings. The Morgan fingerprint density at radius 3 is 1.83 bits per heavy atom. The van der Waals surface area contributed by atoms with Gasteiger partial charge < -0.3 is 0 Å². The minimum Gasteiger partial charge on any atom is -0.228 e. The van der Waals surface area contributed by atoms with E-state index < -0.39 is 48.6 Å². The van der Waals surface area contributed by atoms with Gasteiger partial charge in [0.1, 0.15) is 0 Å². The highest BCUT2D eigenvalue weighted by Gasteiger charge is 2.61. The van der Waals surface area contributed by atoms with E-state index in [1.165, 1.54) is 25.1 Å². The molecule has 0 spiro atoms. The van der Waals surface area contributed by atoms with Crippen molar-refractivity contribution in [2.75, 3.05) is 0 Å². The topological polar surface area (TPSA) is 106 Å². The number of rotatable bonds is 3. The molecule has 6 nitrogen and oxygen atoms in total. The van der Waals surface area contributed by atoms with Crippen LogP contribution in [0.1, 0.15) is 20.3 Å². The molecule has 3 N–H and O–H groups in total. The number of allylic oxidation sites excluding steroid dienone is 3. The van der Waals surface area contributed by atoms with Gasteiger partial charge in [-0.05, 0) is 26.0 Å². The van der Waals surface area contributed by atoms with Crippen molar-refractivity contribution in [3.8, 4) is 0 Å². The van der Waals surface area contributed by atoms with E-state index in [1.54, 1.807) is 6.92 Å². The summed E-state index contributed by atoms with van der Waals surface area (Å²) in [5.41, 5.74) is 0.998. The summed E-state index contributed by atoms with van der Waals surface area (Å²) in [5, 5.41) is 4.72. The number of sulfonamides is 2. The van der Waals surface area contributed by atoms with Crippen LogP contribution in [0, 0.1) is 0 Å². The zero-order valence-electron chi connectivity index (χ0n) is 15.5. The monoisotopic (exact) mass is 480 g/mol. The van der Waals surface area contributed by atoms with E-state index in [4.69, 9.17) is 5.14 Å². The Bertz CT molecular complexity index is 1030. The fourth-order valence-corrected chi connectivity index (χ4v) is 4.29. The number of nitrogens with one attached hydrogen (secondary N) is 1. The molecule has 0 saturated heterocycles. The maximum atomic E-state index is 12.9. The number of primary sulfonamides is 1. The van der Waals surface area contributed by atoms with Crippen LogP contribution >= 0.6 is 0 Å². The number of hydrogen-bond acceptors (Lipinski definition) is 4. The summed E-state index contributed by atoms with van der Waals surface area (Å²) in [7, 11) is -9.24. The van der Waals surface area contributed by atoms with Crippen LogP contribution in [0.25, 0.3) is 0 Å². The Morgan fingerprint density at radius 2 is 1.47 bits per heavy atom. The van der Waals surface area contributed by atoms with Gasteiger partial charge in [0.15, 0.2) is 0 Å². The summed E-state index contributed by atoms with van der Waals surface area (Å²) in [5.74, 6) is 0. The fourth-order valence-electron chi connectivity index (χ4n) is 2.36. The largest absolute Gasteiger partial charge is 0.470 e. The van der Waals surface area contributed by atoms with Gasteiger partial charge in [-0.3, -0.25) is 0 Å². The molecule has 1 aliphatic rings. The van der Waals surface area contributed by atoms with Gasteiger partial charge in [-0.25, -0.2) is 22.0 Å². The lowest BCUT2D eigenvalue weighted by molar-refractivity contribution is -0.150. The highest BCUT2D eigenvalue weighted by atomic mass is 32.2. The average Bonchev–Trinajstić information content (AvgIpc) is 2.54. The van der Waals surface area contributed by atoms with Crippen LogP contribution in [-0.2, 0) is 20.0 Å². The first kappa shape index (κ1) is 26.1. The molecule has 0 amide bonds. The number of benzene rings is 1. The summed E-state index contributed by atoms with van der Waals surface area (Å²) in [6, 6.07) is 6.34. The average molecular weight is 480 g/mol. The highest BCUT2D eigenvalue weighted by Crippen LogP contribution is 2.44. The molecular weight excluding hydrogens is 462 g/mol. The van der Waals surface area contributed by atoms with E-state index >= 15 is 0 Å². The fraction of sp³-hybridized carbons (Fsp3) is 0.375. The minimum atomic E-state index is -4.95. The van der Waals surface area contributed by atoms with Gasteiger partial charge >= 0.3 is 12.5 Å². The molecule has 0 aromatic heterocycles. The Labute approximate surface area is 169 Å². The first-order valence-electron chi connectivity index (χ1n) is 7.93. The Balaban J connectivity index is 0.000000303. The van der Waals surface area contributed by atoms with Gasteiger partial charge in [0.05, 0.1) is 4.90 Å². The van der Waals surface area contributed by atoms with Crippen LogP contribution in [0.5, 0.6) is 0 Å². The lowest BCUT2D eigenvalue weighted by atomic mass is 9.90. The van der Waals surface area contributed by atoms with E-state index in [9.17, 15) is 43.2 Å².